The molecule has 6 heteroatoms. The summed E-state index contributed by atoms with van der Waals surface area (Å²) in [7, 11) is 0. The lowest BCUT2D eigenvalue weighted by molar-refractivity contribution is 0.0690. The van der Waals surface area contributed by atoms with Crippen LogP contribution >= 0.6 is 0 Å². The van der Waals surface area contributed by atoms with Crippen molar-refractivity contribution in [1.29, 1.82) is 0 Å². The first-order valence-electron chi connectivity index (χ1n) is 7.31. The molecule has 2 heterocycles. The van der Waals surface area contributed by atoms with Gasteiger partial charge < -0.3 is 15.3 Å². The number of anilines is 2. The van der Waals surface area contributed by atoms with Crippen molar-refractivity contribution in [3.05, 3.63) is 48.4 Å². The average Bonchev–Trinajstić information content (AvgIpc) is 3.03. The molecule has 1 aliphatic rings. The van der Waals surface area contributed by atoms with Crippen LogP contribution in [-0.2, 0) is 0 Å². The maximum absolute atomic E-state index is 10.7. The molecule has 6 nitrogen and oxygen atoms in total. The number of carboxylic acids is 1. The number of aromatic nitrogens is 2. The van der Waals surface area contributed by atoms with Gasteiger partial charge >= 0.3 is 5.97 Å². The summed E-state index contributed by atoms with van der Waals surface area (Å²) < 4.78 is 0. The largest absolute Gasteiger partial charge is 0.476 e. The van der Waals surface area contributed by atoms with Crippen LogP contribution in [0.5, 0.6) is 0 Å². The Labute approximate surface area is 128 Å². The second-order valence-corrected chi connectivity index (χ2v) is 5.41. The maximum Gasteiger partial charge on any atom is 0.356 e. The standard InChI is InChI=1S/C16H18N4O2/c21-16(22)14-9-19-15(10-17-14)18-8-12-6-7-20(11-12)13-4-2-1-3-5-13/h1-5,9-10,12H,6-8,11H2,(H,18,19)(H,21,22). The Balaban J connectivity index is 1.51. The van der Waals surface area contributed by atoms with Crippen LogP contribution in [0.4, 0.5) is 11.5 Å². The van der Waals surface area contributed by atoms with E-state index in [1.807, 2.05) is 6.07 Å². The molecule has 2 N–H and O–H groups in total. The summed E-state index contributed by atoms with van der Waals surface area (Å²) >= 11 is 0. The number of nitrogens with zero attached hydrogens (tertiary/aromatic N) is 3. The number of rotatable bonds is 5. The molecule has 1 aliphatic heterocycles. The molecule has 1 aromatic carbocycles. The first kappa shape index (κ1) is 14.3. The maximum atomic E-state index is 10.7. The molecule has 1 atom stereocenters. The first-order valence-corrected chi connectivity index (χ1v) is 7.31. The number of hydrogen-bond donors (Lipinski definition) is 2. The average molecular weight is 298 g/mol. The molecule has 1 saturated heterocycles. The number of hydrogen-bond acceptors (Lipinski definition) is 5. The summed E-state index contributed by atoms with van der Waals surface area (Å²) in [4.78, 5) is 21.0. The summed E-state index contributed by atoms with van der Waals surface area (Å²) in [5, 5.41) is 12.0. The highest BCUT2D eigenvalue weighted by molar-refractivity contribution is 5.84. The van der Waals surface area contributed by atoms with Crippen molar-refractivity contribution in [3.8, 4) is 0 Å². The number of nitrogens with one attached hydrogen (secondary N) is 1. The Morgan fingerprint density at radius 2 is 2.09 bits per heavy atom. The van der Waals surface area contributed by atoms with E-state index >= 15 is 0 Å². The van der Waals surface area contributed by atoms with Gasteiger partial charge in [0.1, 0.15) is 5.82 Å². The van der Waals surface area contributed by atoms with Gasteiger partial charge in [-0.1, -0.05) is 18.2 Å². The third kappa shape index (κ3) is 3.33. The van der Waals surface area contributed by atoms with Crippen molar-refractivity contribution >= 4 is 17.5 Å². The van der Waals surface area contributed by atoms with E-state index in [1.54, 1.807) is 0 Å². The van der Waals surface area contributed by atoms with Crippen LogP contribution in [0.1, 0.15) is 16.9 Å². The van der Waals surface area contributed by atoms with Crippen molar-refractivity contribution in [2.75, 3.05) is 29.9 Å². The molecule has 1 unspecified atom stereocenters. The van der Waals surface area contributed by atoms with Crippen molar-refractivity contribution in [1.82, 2.24) is 9.97 Å². The monoisotopic (exact) mass is 298 g/mol. The van der Waals surface area contributed by atoms with Gasteiger partial charge in [0.25, 0.3) is 0 Å². The van der Waals surface area contributed by atoms with Gasteiger partial charge in [-0.3, -0.25) is 0 Å². The van der Waals surface area contributed by atoms with Crippen molar-refractivity contribution in [2.45, 2.75) is 6.42 Å². The van der Waals surface area contributed by atoms with Gasteiger partial charge in [-0.25, -0.2) is 14.8 Å². The fourth-order valence-corrected chi connectivity index (χ4v) is 2.65. The van der Waals surface area contributed by atoms with E-state index in [9.17, 15) is 4.79 Å². The molecule has 2 aromatic rings. The fourth-order valence-electron chi connectivity index (χ4n) is 2.65. The van der Waals surface area contributed by atoms with Crippen LogP contribution in [0.3, 0.4) is 0 Å². The lowest BCUT2D eigenvalue weighted by atomic mass is 10.1. The predicted molar refractivity (Wildman–Crippen MR) is 84.2 cm³/mol. The summed E-state index contributed by atoms with van der Waals surface area (Å²) in [6, 6.07) is 10.4. The third-order valence-electron chi connectivity index (χ3n) is 3.85. The molecule has 0 aliphatic carbocycles. The normalized spacial score (nSPS) is 17.5. The van der Waals surface area contributed by atoms with Gasteiger partial charge in [-0.05, 0) is 24.5 Å². The summed E-state index contributed by atoms with van der Waals surface area (Å²) in [6.45, 7) is 2.88. The number of aromatic carboxylic acids is 1. The number of carbonyl (C=O) groups is 1. The zero-order valence-corrected chi connectivity index (χ0v) is 12.1. The second-order valence-electron chi connectivity index (χ2n) is 5.41. The Hall–Kier alpha value is -2.63. The minimum Gasteiger partial charge on any atom is -0.476 e. The van der Waals surface area contributed by atoms with Crippen LogP contribution in [0.15, 0.2) is 42.7 Å². The zero-order chi connectivity index (χ0) is 15.4. The van der Waals surface area contributed by atoms with Crippen molar-refractivity contribution in [2.24, 2.45) is 5.92 Å². The van der Waals surface area contributed by atoms with E-state index in [1.165, 1.54) is 18.1 Å². The number of para-hydroxylation sites is 1. The molecule has 0 saturated carbocycles. The zero-order valence-electron chi connectivity index (χ0n) is 12.1. The lowest BCUT2D eigenvalue weighted by Gasteiger charge is -2.18. The smallest absolute Gasteiger partial charge is 0.356 e. The van der Waals surface area contributed by atoms with Crippen LogP contribution in [0.2, 0.25) is 0 Å². The Kier molecular flexibility index (Phi) is 4.18. The van der Waals surface area contributed by atoms with Crippen molar-refractivity contribution in [3.63, 3.8) is 0 Å². The SMILES string of the molecule is O=C(O)c1cnc(NCC2CCN(c3ccccc3)C2)cn1. The summed E-state index contributed by atoms with van der Waals surface area (Å²) in [6.07, 6.45) is 3.87. The van der Waals surface area contributed by atoms with Gasteiger partial charge in [-0.15, -0.1) is 0 Å². The molecular weight excluding hydrogens is 280 g/mol. The Bertz CT molecular complexity index is 630. The first-order chi connectivity index (χ1) is 10.7. The molecule has 3 rings (SSSR count). The predicted octanol–water partition coefficient (Wildman–Crippen LogP) is 2.11. The minimum atomic E-state index is -1.06. The number of carboxylic acid groups (broad SMARTS) is 1. The molecule has 0 amide bonds. The topological polar surface area (TPSA) is 78.3 Å². The molecule has 1 fully saturated rings. The number of benzene rings is 1. The van der Waals surface area contributed by atoms with E-state index in [0.717, 1.165) is 26.1 Å². The van der Waals surface area contributed by atoms with Crippen LogP contribution < -0.4 is 10.2 Å². The molecule has 0 radical (unpaired) electrons. The van der Waals surface area contributed by atoms with Gasteiger partial charge in [0, 0.05) is 25.3 Å². The van der Waals surface area contributed by atoms with Crippen molar-refractivity contribution < 1.29 is 9.90 Å². The molecular formula is C16H18N4O2. The second kappa shape index (κ2) is 6.43. The van der Waals surface area contributed by atoms with Crippen LogP contribution in [0.25, 0.3) is 0 Å². The summed E-state index contributed by atoms with van der Waals surface area (Å²) in [5.74, 6) is 0.0951. The fraction of sp³-hybridized carbons (Fsp3) is 0.312. The molecule has 22 heavy (non-hydrogen) atoms. The van der Waals surface area contributed by atoms with Gasteiger partial charge in [0.2, 0.25) is 0 Å². The molecule has 0 bridgehead atoms. The third-order valence-corrected chi connectivity index (χ3v) is 3.85. The van der Waals surface area contributed by atoms with Gasteiger partial charge in [-0.2, -0.15) is 0 Å². The van der Waals surface area contributed by atoms with E-state index in [-0.39, 0.29) is 5.69 Å². The Morgan fingerprint density at radius 1 is 1.27 bits per heavy atom. The van der Waals surface area contributed by atoms with Crippen LogP contribution in [0, 0.1) is 5.92 Å². The molecule has 114 valence electrons. The Morgan fingerprint density at radius 3 is 2.77 bits per heavy atom. The van der Waals surface area contributed by atoms with Gasteiger partial charge in [0.05, 0.1) is 12.4 Å². The quantitative estimate of drug-likeness (QED) is 0.880. The lowest BCUT2D eigenvalue weighted by Crippen LogP contribution is -2.22. The van der Waals surface area contributed by atoms with E-state index < -0.39 is 5.97 Å². The molecule has 1 aromatic heterocycles. The minimum absolute atomic E-state index is 0.0401. The highest BCUT2D eigenvalue weighted by Crippen LogP contribution is 2.23. The van der Waals surface area contributed by atoms with Gasteiger partial charge in [0.15, 0.2) is 5.69 Å². The van der Waals surface area contributed by atoms with E-state index in [2.05, 4.69) is 44.5 Å². The van der Waals surface area contributed by atoms with Crippen LogP contribution in [-0.4, -0.2) is 40.7 Å². The van der Waals surface area contributed by atoms with E-state index in [4.69, 9.17) is 5.11 Å². The molecule has 0 spiro atoms. The summed E-state index contributed by atoms with van der Waals surface area (Å²) in [5.41, 5.74) is 1.22. The van der Waals surface area contributed by atoms with E-state index in [0.29, 0.717) is 11.7 Å². The highest BCUT2D eigenvalue weighted by Gasteiger charge is 2.22. The highest BCUT2D eigenvalue weighted by atomic mass is 16.4.